The van der Waals surface area contributed by atoms with E-state index >= 15 is 0 Å². The van der Waals surface area contributed by atoms with Crippen LogP contribution in [0.1, 0.15) is 24.5 Å². The maximum Gasteiger partial charge on any atom is 0.293 e. The van der Waals surface area contributed by atoms with Crippen molar-refractivity contribution in [3.05, 3.63) is 80.8 Å². The molecule has 0 aliphatic heterocycles. The molecule has 1 aliphatic carbocycles. The van der Waals surface area contributed by atoms with Crippen LogP contribution >= 0.6 is 23.2 Å². The van der Waals surface area contributed by atoms with Crippen LogP contribution in [0.3, 0.4) is 0 Å². The van der Waals surface area contributed by atoms with E-state index in [9.17, 15) is 9.59 Å². The summed E-state index contributed by atoms with van der Waals surface area (Å²) in [4.78, 5) is 25.9. The third kappa shape index (κ3) is 3.94. The Morgan fingerprint density at radius 1 is 1.10 bits per heavy atom. The van der Waals surface area contributed by atoms with Gasteiger partial charge < -0.3 is 5.32 Å². The molecule has 0 radical (unpaired) electrons. The number of fused-ring (bicyclic) bond motifs is 1. The van der Waals surface area contributed by atoms with Gasteiger partial charge in [0.2, 0.25) is 5.91 Å². The van der Waals surface area contributed by atoms with E-state index in [0.29, 0.717) is 32.3 Å². The van der Waals surface area contributed by atoms with Crippen molar-refractivity contribution < 1.29 is 4.79 Å². The van der Waals surface area contributed by atoms with Crippen LogP contribution in [-0.4, -0.2) is 25.5 Å². The van der Waals surface area contributed by atoms with Gasteiger partial charge in [0.15, 0.2) is 0 Å². The van der Waals surface area contributed by atoms with Crippen molar-refractivity contribution in [2.24, 2.45) is 0 Å². The molecule has 2 aromatic carbocycles. The second kappa shape index (κ2) is 7.83. The second-order valence-electron chi connectivity index (χ2n) is 7.48. The second-order valence-corrected chi connectivity index (χ2v) is 8.35. The molecule has 0 unspecified atom stereocenters. The number of rotatable bonds is 5. The molecule has 31 heavy (non-hydrogen) atoms. The number of hydrogen-bond acceptors (Lipinski definition) is 4. The summed E-state index contributed by atoms with van der Waals surface area (Å²) in [7, 11) is 0. The molecule has 1 N–H and O–H groups in total. The Labute approximate surface area is 187 Å². The van der Waals surface area contributed by atoms with Gasteiger partial charge in [0.25, 0.3) is 5.56 Å². The first kappa shape index (κ1) is 19.8. The van der Waals surface area contributed by atoms with Gasteiger partial charge in [0, 0.05) is 27.0 Å². The normalized spacial score (nSPS) is 13.5. The van der Waals surface area contributed by atoms with E-state index in [1.165, 1.54) is 4.68 Å². The van der Waals surface area contributed by atoms with E-state index in [1.54, 1.807) is 53.3 Å². The fourth-order valence-electron chi connectivity index (χ4n) is 3.57. The first-order valence-corrected chi connectivity index (χ1v) is 10.6. The van der Waals surface area contributed by atoms with E-state index < -0.39 is 5.56 Å². The molecule has 0 atom stereocenters. The summed E-state index contributed by atoms with van der Waals surface area (Å²) < 4.78 is 2.76. The highest BCUT2D eigenvalue weighted by molar-refractivity contribution is 6.31. The SMILES string of the molecule is O=C(Cn1nc(C2CC2)c2cnn(-c3cccc(Cl)c3)c2c1=O)Nc1cccc(Cl)c1. The summed E-state index contributed by atoms with van der Waals surface area (Å²) in [6.07, 6.45) is 3.66. The van der Waals surface area contributed by atoms with Crippen molar-refractivity contribution in [2.45, 2.75) is 25.3 Å². The monoisotopic (exact) mass is 453 g/mol. The summed E-state index contributed by atoms with van der Waals surface area (Å²) in [6, 6.07) is 13.9. The van der Waals surface area contributed by atoms with Crippen LogP contribution in [-0.2, 0) is 11.3 Å². The number of anilines is 1. The van der Waals surface area contributed by atoms with Crippen molar-refractivity contribution in [3.8, 4) is 5.69 Å². The number of carbonyl (C=O) groups is 1. The fraction of sp³-hybridized carbons (Fsp3) is 0.182. The van der Waals surface area contributed by atoms with Crippen LogP contribution < -0.4 is 10.9 Å². The van der Waals surface area contributed by atoms with E-state index in [0.717, 1.165) is 18.5 Å². The standard InChI is InChI=1S/C22H17Cl2N5O2/c23-14-3-1-5-16(9-14)26-19(30)12-28-22(31)21-18(20(27-28)13-7-8-13)11-25-29(21)17-6-2-4-15(24)10-17/h1-6,9-11,13H,7-8,12H2,(H,26,30). The smallest absolute Gasteiger partial charge is 0.293 e. The zero-order valence-corrected chi connectivity index (χ0v) is 17.8. The summed E-state index contributed by atoms with van der Waals surface area (Å²) in [5.74, 6) is -0.103. The van der Waals surface area contributed by atoms with Gasteiger partial charge in [0.05, 0.1) is 17.6 Å². The summed E-state index contributed by atoms with van der Waals surface area (Å²) in [5, 5.41) is 13.5. The number of carbonyl (C=O) groups excluding carboxylic acids is 1. The predicted molar refractivity (Wildman–Crippen MR) is 120 cm³/mol. The topological polar surface area (TPSA) is 81.8 Å². The van der Waals surface area contributed by atoms with Gasteiger partial charge in [-0.15, -0.1) is 0 Å². The number of halogens is 2. The van der Waals surface area contributed by atoms with Crippen LogP contribution in [0.15, 0.2) is 59.5 Å². The van der Waals surface area contributed by atoms with Gasteiger partial charge >= 0.3 is 0 Å². The molecule has 2 heterocycles. The molecule has 1 fully saturated rings. The zero-order chi connectivity index (χ0) is 21.5. The first-order chi connectivity index (χ1) is 15.0. The number of nitrogens with zero attached hydrogens (tertiary/aromatic N) is 4. The lowest BCUT2D eigenvalue weighted by Crippen LogP contribution is -2.31. The van der Waals surface area contributed by atoms with Crippen molar-refractivity contribution in [1.82, 2.24) is 19.6 Å². The molecular weight excluding hydrogens is 437 g/mol. The van der Waals surface area contributed by atoms with Crippen molar-refractivity contribution in [3.63, 3.8) is 0 Å². The van der Waals surface area contributed by atoms with Crippen molar-refractivity contribution in [1.29, 1.82) is 0 Å². The Bertz CT molecular complexity index is 1370. The molecular formula is C22H17Cl2N5O2. The Morgan fingerprint density at radius 3 is 2.55 bits per heavy atom. The average Bonchev–Trinajstić information content (AvgIpc) is 3.47. The number of aromatic nitrogens is 4. The van der Waals surface area contributed by atoms with E-state index in [2.05, 4.69) is 15.5 Å². The van der Waals surface area contributed by atoms with Gasteiger partial charge in [-0.05, 0) is 49.2 Å². The molecule has 0 spiro atoms. The van der Waals surface area contributed by atoms with Crippen LogP contribution in [0.25, 0.3) is 16.6 Å². The lowest BCUT2D eigenvalue weighted by molar-refractivity contribution is -0.117. The van der Waals surface area contributed by atoms with E-state index in [4.69, 9.17) is 23.2 Å². The third-order valence-corrected chi connectivity index (χ3v) is 5.60. The van der Waals surface area contributed by atoms with Gasteiger partial charge in [-0.25, -0.2) is 9.36 Å². The highest BCUT2D eigenvalue weighted by Crippen LogP contribution is 2.41. The van der Waals surface area contributed by atoms with Gasteiger partial charge in [-0.1, -0.05) is 35.3 Å². The zero-order valence-electron chi connectivity index (χ0n) is 16.3. The molecule has 5 rings (SSSR count). The molecule has 7 nitrogen and oxygen atoms in total. The Hall–Kier alpha value is -3.16. The predicted octanol–water partition coefficient (Wildman–Crippen LogP) is 4.41. The molecule has 0 bridgehead atoms. The number of amides is 1. The molecule has 2 aromatic heterocycles. The minimum Gasteiger partial charge on any atom is -0.324 e. The van der Waals surface area contributed by atoms with Gasteiger partial charge in [-0.2, -0.15) is 10.2 Å². The van der Waals surface area contributed by atoms with Crippen LogP contribution in [0.5, 0.6) is 0 Å². The molecule has 9 heteroatoms. The van der Waals surface area contributed by atoms with E-state index in [1.807, 2.05) is 6.07 Å². The lowest BCUT2D eigenvalue weighted by Gasteiger charge is -2.11. The maximum atomic E-state index is 13.3. The van der Waals surface area contributed by atoms with Gasteiger partial charge in [-0.3, -0.25) is 9.59 Å². The summed E-state index contributed by atoms with van der Waals surface area (Å²) >= 11 is 12.1. The fourth-order valence-corrected chi connectivity index (χ4v) is 3.94. The van der Waals surface area contributed by atoms with E-state index in [-0.39, 0.29) is 18.4 Å². The molecule has 1 amide bonds. The van der Waals surface area contributed by atoms with Crippen LogP contribution in [0.4, 0.5) is 5.69 Å². The molecule has 156 valence electrons. The molecule has 1 saturated carbocycles. The quantitative estimate of drug-likeness (QED) is 0.485. The maximum absolute atomic E-state index is 13.3. The molecule has 1 aliphatic rings. The largest absolute Gasteiger partial charge is 0.324 e. The number of hydrogen-bond donors (Lipinski definition) is 1. The van der Waals surface area contributed by atoms with Crippen LogP contribution in [0, 0.1) is 0 Å². The molecule has 4 aromatic rings. The Morgan fingerprint density at radius 2 is 1.84 bits per heavy atom. The van der Waals surface area contributed by atoms with Gasteiger partial charge in [0.1, 0.15) is 12.1 Å². The highest BCUT2D eigenvalue weighted by Gasteiger charge is 2.30. The minimum absolute atomic E-state index is 0.221. The van der Waals surface area contributed by atoms with Crippen molar-refractivity contribution in [2.75, 3.05) is 5.32 Å². The molecule has 0 saturated heterocycles. The first-order valence-electron chi connectivity index (χ1n) is 9.80. The Kier molecular flexibility index (Phi) is 5.00. The lowest BCUT2D eigenvalue weighted by atomic mass is 10.2. The van der Waals surface area contributed by atoms with Crippen LogP contribution in [0.2, 0.25) is 10.0 Å². The van der Waals surface area contributed by atoms with Crippen molar-refractivity contribution >= 4 is 45.7 Å². The third-order valence-electron chi connectivity index (χ3n) is 5.13. The number of benzene rings is 2. The number of nitrogens with one attached hydrogen (secondary N) is 1. The Balaban J connectivity index is 1.57. The summed E-state index contributed by atoms with van der Waals surface area (Å²) in [6.45, 7) is -0.221. The average molecular weight is 454 g/mol. The highest BCUT2D eigenvalue weighted by atomic mass is 35.5. The summed E-state index contributed by atoms with van der Waals surface area (Å²) in [5.41, 5.74) is 2.01. The minimum atomic E-state index is -0.391.